The molecule has 0 fully saturated rings. The van der Waals surface area contributed by atoms with Crippen LogP contribution in [0, 0.1) is 5.92 Å². The zero-order valence-electron chi connectivity index (χ0n) is 13.2. The van der Waals surface area contributed by atoms with Crippen molar-refractivity contribution in [3.63, 3.8) is 0 Å². The Labute approximate surface area is 138 Å². The molecule has 1 aliphatic carbocycles. The molecule has 1 amide bonds. The van der Waals surface area contributed by atoms with E-state index in [1.165, 1.54) is 23.3 Å². The highest BCUT2D eigenvalue weighted by Crippen LogP contribution is 2.30. The second-order valence-corrected chi connectivity index (χ2v) is 7.54. The summed E-state index contributed by atoms with van der Waals surface area (Å²) in [7, 11) is 0. The van der Waals surface area contributed by atoms with Crippen molar-refractivity contribution < 1.29 is 4.79 Å². The van der Waals surface area contributed by atoms with Gasteiger partial charge < -0.3 is 11.1 Å². The molecule has 120 valence electrons. The summed E-state index contributed by atoms with van der Waals surface area (Å²) < 4.78 is 0. The predicted molar refractivity (Wildman–Crippen MR) is 92.6 cm³/mol. The Hall–Kier alpha value is -0.580. The lowest BCUT2D eigenvalue weighted by Crippen LogP contribution is -2.52. The summed E-state index contributed by atoms with van der Waals surface area (Å²) in [5, 5.41) is 5.20. The molecule has 1 heterocycles. The highest BCUT2D eigenvalue weighted by molar-refractivity contribution is 7.10. The Morgan fingerprint density at radius 1 is 1.43 bits per heavy atom. The van der Waals surface area contributed by atoms with E-state index in [-0.39, 0.29) is 23.9 Å². The van der Waals surface area contributed by atoms with E-state index in [0.717, 1.165) is 24.8 Å². The van der Waals surface area contributed by atoms with Crippen LogP contribution in [0.25, 0.3) is 0 Å². The van der Waals surface area contributed by atoms with Crippen LogP contribution in [0.2, 0.25) is 0 Å². The van der Waals surface area contributed by atoms with Gasteiger partial charge in [-0.05, 0) is 50.5 Å². The molecule has 1 aromatic rings. The lowest BCUT2D eigenvalue weighted by molar-refractivity contribution is 0.0897. The maximum atomic E-state index is 12.6. The fourth-order valence-corrected chi connectivity index (χ4v) is 4.24. The average molecular weight is 331 g/mol. The van der Waals surface area contributed by atoms with E-state index in [4.69, 9.17) is 5.73 Å². The predicted octanol–water partition coefficient (Wildman–Crippen LogP) is 3.54. The van der Waals surface area contributed by atoms with Gasteiger partial charge in [0.25, 0.3) is 5.91 Å². The minimum atomic E-state index is -0.311. The first kappa shape index (κ1) is 18.5. The van der Waals surface area contributed by atoms with Crippen molar-refractivity contribution in [2.75, 3.05) is 6.54 Å². The number of carbonyl (C=O) groups excluding carboxylic acids is 1. The number of thiophene rings is 1. The Balaban J connectivity index is 0.00000220. The fraction of sp³-hybridized carbons (Fsp3) is 0.688. The highest BCUT2D eigenvalue weighted by atomic mass is 35.5. The minimum absolute atomic E-state index is 0. The molecule has 1 aromatic heterocycles. The van der Waals surface area contributed by atoms with Gasteiger partial charge in [0.2, 0.25) is 0 Å². The van der Waals surface area contributed by atoms with E-state index in [1.807, 2.05) is 12.3 Å². The highest BCUT2D eigenvalue weighted by Gasteiger charge is 2.28. The van der Waals surface area contributed by atoms with Crippen molar-refractivity contribution in [3.8, 4) is 0 Å². The Bertz CT molecular complexity index is 487. The van der Waals surface area contributed by atoms with Crippen LogP contribution in [0.1, 0.15) is 60.8 Å². The largest absolute Gasteiger partial charge is 0.346 e. The van der Waals surface area contributed by atoms with Crippen LogP contribution in [-0.2, 0) is 12.8 Å². The lowest BCUT2D eigenvalue weighted by atomic mass is 9.90. The van der Waals surface area contributed by atoms with Gasteiger partial charge in [-0.1, -0.05) is 13.8 Å². The van der Waals surface area contributed by atoms with Crippen LogP contribution in [-0.4, -0.2) is 18.0 Å². The second kappa shape index (κ2) is 7.61. The number of nitrogens with two attached hydrogens (primary N) is 1. The van der Waals surface area contributed by atoms with Crippen LogP contribution < -0.4 is 11.1 Å². The number of halogens is 1. The Kier molecular flexibility index (Phi) is 6.70. The van der Waals surface area contributed by atoms with E-state index in [0.29, 0.717) is 12.5 Å². The van der Waals surface area contributed by atoms with Crippen molar-refractivity contribution in [1.29, 1.82) is 0 Å². The fourth-order valence-electron chi connectivity index (χ4n) is 3.11. The molecule has 21 heavy (non-hydrogen) atoms. The molecular weight excluding hydrogens is 304 g/mol. The smallest absolute Gasteiger partial charge is 0.252 e. The summed E-state index contributed by atoms with van der Waals surface area (Å²) >= 11 is 1.74. The molecule has 3 N–H and O–H groups in total. The van der Waals surface area contributed by atoms with Crippen molar-refractivity contribution >= 4 is 29.7 Å². The number of nitrogens with one attached hydrogen (secondary N) is 1. The van der Waals surface area contributed by atoms with Gasteiger partial charge in [-0.15, -0.1) is 23.7 Å². The van der Waals surface area contributed by atoms with E-state index in [2.05, 4.69) is 19.2 Å². The average Bonchev–Trinajstić information content (AvgIpc) is 2.81. The van der Waals surface area contributed by atoms with Crippen LogP contribution in [0.15, 0.2) is 5.38 Å². The second-order valence-electron chi connectivity index (χ2n) is 6.58. The summed E-state index contributed by atoms with van der Waals surface area (Å²) in [5.41, 5.74) is 7.73. The molecule has 1 atom stereocenters. The summed E-state index contributed by atoms with van der Waals surface area (Å²) in [4.78, 5) is 14.0. The molecular formula is C16H27ClN2OS. The third-order valence-corrected chi connectivity index (χ3v) is 5.12. The number of hydrogen-bond donors (Lipinski definition) is 2. The molecule has 0 radical (unpaired) electrons. The number of aryl methyl sites for hydroxylation is 1. The quantitative estimate of drug-likeness (QED) is 0.867. The maximum Gasteiger partial charge on any atom is 0.252 e. The van der Waals surface area contributed by atoms with Crippen molar-refractivity contribution in [2.45, 2.75) is 58.4 Å². The summed E-state index contributed by atoms with van der Waals surface area (Å²) in [6, 6.07) is 0. The number of fused-ring (bicyclic) bond motifs is 1. The number of carbonyl (C=O) groups is 1. The lowest BCUT2D eigenvalue weighted by Gasteiger charge is -2.31. The van der Waals surface area contributed by atoms with Gasteiger partial charge in [-0.25, -0.2) is 0 Å². The normalized spacial score (nSPS) is 16.8. The number of amides is 1. The monoisotopic (exact) mass is 330 g/mol. The topological polar surface area (TPSA) is 55.1 Å². The van der Waals surface area contributed by atoms with Crippen LogP contribution in [0.3, 0.4) is 0 Å². The molecule has 0 spiro atoms. The van der Waals surface area contributed by atoms with Gasteiger partial charge in [0.15, 0.2) is 0 Å². The zero-order chi connectivity index (χ0) is 14.8. The van der Waals surface area contributed by atoms with E-state index in [9.17, 15) is 4.79 Å². The molecule has 3 nitrogen and oxygen atoms in total. The third-order valence-electron chi connectivity index (χ3n) is 4.03. The van der Waals surface area contributed by atoms with Gasteiger partial charge in [-0.2, -0.15) is 0 Å². The Morgan fingerprint density at radius 2 is 2.10 bits per heavy atom. The molecule has 1 unspecified atom stereocenters. The van der Waals surface area contributed by atoms with Crippen molar-refractivity contribution in [2.24, 2.45) is 11.7 Å². The first-order valence-electron chi connectivity index (χ1n) is 7.57. The van der Waals surface area contributed by atoms with Gasteiger partial charge in [0.1, 0.15) is 0 Å². The van der Waals surface area contributed by atoms with E-state index >= 15 is 0 Å². The summed E-state index contributed by atoms with van der Waals surface area (Å²) in [5.74, 6) is 0.568. The minimum Gasteiger partial charge on any atom is -0.346 e. The molecule has 0 saturated carbocycles. The van der Waals surface area contributed by atoms with Crippen LogP contribution >= 0.6 is 23.7 Å². The van der Waals surface area contributed by atoms with E-state index < -0.39 is 0 Å². The van der Waals surface area contributed by atoms with Gasteiger partial charge >= 0.3 is 0 Å². The summed E-state index contributed by atoms with van der Waals surface area (Å²) in [6.07, 6.45) is 5.53. The number of rotatable bonds is 5. The summed E-state index contributed by atoms with van der Waals surface area (Å²) in [6.45, 7) is 6.84. The molecule has 1 aliphatic rings. The first-order valence-corrected chi connectivity index (χ1v) is 8.45. The van der Waals surface area contributed by atoms with E-state index in [1.54, 1.807) is 11.3 Å². The van der Waals surface area contributed by atoms with Gasteiger partial charge in [0.05, 0.1) is 5.56 Å². The molecule has 0 aromatic carbocycles. The third kappa shape index (κ3) is 4.44. The molecule has 0 bridgehead atoms. The van der Waals surface area contributed by atoms with Crippen LogP contribution in [0.4, 0.5) is 0 Å². The zero-order valence-corrected chi connectivity index (χ0v) is 14.8. The molecule has 0 aliphatic heterocycles. The molecule has 5 heteroatoms. The Morgan fingerprint density at radius 3 is 2.71 bits per heavy atom. The molecule has 0 saturated heterocycles. The molecule has 2 rings (SSSR count). The first-order chi connectivity index (χ1) is 9.45. The SMILES string of the molecule is CC(C)CC(C)(CN)NC(=O)c1csc2c1CCCC2.Cl. The van der Waals surface area contributed by atoms with Crippen molar-refractivity contribution in [3.05, 3.63) is 21.4 Å². The standard InChI is InChI=1S/C16H26N2OS.ClH/c1-11(2)8-16(3,10-17)18-15(19)13-9-20-14-7-5-4-6-12(13)14;/h9,11H,4-8,10,17H2,1-3H3,(H,18,19);1H. The van der Waals surface area contributed by atoms with Gasteiger partial charge in [0, 0.05) is 22.3 Å². The van der Waals surface area contributed by atoms with Gasteiger partial charge in [-0.3, -0.25) is 4.79 Å². The van der Waals surface area contributed by atoms with Crippen LogP contribution in [0.5, 0.6) is 0 Å². The van der Waals surface area contributed by atoms with Crippen molar-refractivity contribution in [1.82, 2.24) is 5.32 Å². The maximum absolute atomic E-state index is 12.6. The number of hydrogen-bond acceptors (Lipinski definition) is 3.